The summed E-state index contributed by atoms with van der Waals surface area (Å²) in [6.45, 7) is 0. The summed E-state index contributed by atoms with van der Waals surface area (Å²) in [4.78, 5) is 15.9. The van der Waals surface area contributed by atoms with E-state index in [0.29, 0.717) is 17.5 Å². The van der Waals surface area contributed by atoms with E-state index < -0.39 is 0 Å². The predicted octanol–water partition coefficient (Wildman–Crippen LogP) is 13.4. The molecule has 0 spiro atoms. The van der Waals surface area contributed by atoms with Gasteiger partial charge in [0, 0.05) is 43.9 Å². The van der Waals surface area contributed by atoms with Crippen LogP contribution < -0.4 is 0 Å². The van der Waals surface area contributed by atoms with Gasteiger partial charge in [-0.25, -0.2) is 15.0 Å². The van der Waals surface area contributed by atoms with Crippen LogP contribution in [0.3, 0.4) is 0 Å². The second-order valence-corrected chi connectivity index (χ2v) is 14.8. The number of hydrogen-bond donors (Lipinski definition) is 0. The normalized spacial score (nSPS) is 11.8. The van der Waals surface area contributed by atoms with E-state index in [-0.39, 0.29) is 0 Å². The Morgan fingerprint density at radius 3 is 1.78 bits per heavy atom. The van der Waals surface area contributed by atoms with Crippen LogP contribution in [-0.2, 0) is 0 Å². The van der Waals surface area contributed by atoms with E-state index in [1.165, 1.54) is 38.0 Å². The first-order valence-corrected chi connectivity index (χ1v) is 19.6. The number of benzene rings is 9. The zero-order valence-corrected chi connectivity index (χ0v) is 31.3. The van der Waals surface area contributed by atoms with Crippen molar-refractivity contribution in [3.05, 3.63) is 200 Å². The minimum absolute atomic E-state index is 0.613. The van der Waals surface area contributed by atoms with Crippen molar-refractivity contribution >= 4 is 65.2 Å². The van der Waals surface area contributed by atoms with E-state index in [0.717, 1.165) is 55.3 Å². The minimum Gasteiger partial charge on any atom is -0.309 e. The van der Waals surface area contributed by atoms with Crippen molar-refractivity contribution in [1.82, 2.24) is 24.1 Å². The van der Waals surface area contributed by atoms with Crippen molar-refractivity contribution in [3.63, 3.8) is 0 Å². The standard InChI is InChI=1S/C53H33N5/c1-2-19-38(20-3-1)57-45-26-11-8-22-40(45)41-31-32-48-49(50(41)57)43-23-9-12-27-46(43)58(48)47-28-13-10-24-44(47)53-55-51(37-30-29-34-15-4-5-17-36(34)33-37)54-52(56-53)42-25-14-18-35-16-6-7-21-39(35)42/h1-33H. The van der Waals surface area contributed by atoms with Crippen molar-refractivity contribution in [2.75, 3.05) is 0 Å². The molecule has 5 nitrogen and oxygen atoms in total. The zero-order valence-electron chi connectivity index (χ0n) is 31.3. The van der Waals surface area contributed by atoms with Gasteiger partial charge in [-0.2, -0.15) is 0 Å². The summed E-state index contributed by atoms with van der Waals surface area (Å²) in [6, 6.07) is 70.9. The Labute approximate surface area is 333 Å². The van der Waals surface area contributed by atoms with E-state index in [1.54, 1.807) is 0 Å². The molecule has 3 aromatic heterocycles. The first-order chi connectivity index (χ1) is 28.8. The molecule has 270 valence electrons. The van der Waals surface area contributed by atoms with Crippen LogP contribution in [0.1, 0.15) is 0 Å². The first kappa shape index (κ1) is 32.4. The molecule has 0 N–H and O–H groups in total. The minimum atomic E-state index is 0.613. The van der Waals surface area contributed by atoms with Crippen LogP contribution >= 0.6 is 0 Å². The fraction of sp³-hybridized carbons (Fsp3) is 0. The Morgan fingerprint density at radius 1 is 0.328 bits per heavy atom. The average molecular weight is 740 g/mol. The maximum absolute atomic E-state index is 5.34. The Morgan fingerprint density at radius 2 is 0.931 bits per heavy atom. The molecule has 0 amide bonds. The molecule has 0 aliphatic rings. The molecule has 0 aliphatic heterocycles. The molecule has 0 saturated heterocycles. The highest BCUT2D eigenvalue weighted by atomic mass is 15.1. The fourth-order valence-corrected chi connectivity index (χ4v) is 8.97. The van der Waals surface area contributed by atoms with Crippen molar-refractivity contribution in [3.8, 4) is 45.5 Å². The number of nitrogens with zero attached hydrogens (tertiary/aromatic N) is 5. The molecule has 58 heavy (non-hydrogen) atoms. The lowest BCUT2D eigenvalue weighted by Crippen LogP contribution is -2.04. The Balaban J connectivity index is 1.15. The predicted molar refractivity (Wildman–Crippen MR) is 240 cm³/mol. The molecular formula is C53H33N5. The van der Waals surface area contributed by atoms with Gasteiger partial charge in [-0.3, -0.25) is 0 Å². The molecule has 0 aliphatic carbocycles. The summed E-state index contributed by atoms with van der Waals surface area (Å²) in [5.41, 5.74) is 9.54. The highest BCUT2D eigenvalue weighted by Crippen LogP contribution is 2.43. The van der Waals surface area contributed by atoms with Crippen molar-refractivity contribution in [2.45, 2.75) is 0 Å². The molecule has 5 heteroatoms. The van der Waals surface area contributed by atoms with Gasteiger partial charge in [0.25, 0.3) is 0 Å². The summed E-state index contributed by atoms with van der Waals surface area (Å²) >= 11 is 0. The van der Waals surface area contributed by atoms with Crippen LogP contribution in [0.4, 0.5) is 0 Å². The number of para-hydroxylation sites is 4. The number of hydrogen-bond acceptors (Lipinski definition) is 3. The second kappa shape index (κ2) is 12.8. The topological polar surface area (TPSA) is 48.5 Å². The molecule has 0 bridgehead atoms. The van der Waals surface area contributed by atoms with Gasteiger partial charge in [0.05, 0.1) is 27.8 Å². The van der Waals surface area contributed by atoms with Crippen molar-refractivity contribution < 1.29 is 0 Å². The molecular weight excluding hydrogens is 707 g/mol. The van der Waals surface area contributed by atoms with Gasteiger partial charge in [-0.1, -0.05) is 152 Å². The zero-order chi connectivity index (χ0) is 38.2. The molecule has 0 saturated carbocycles. The van der Waals surface area contributed by atoms with E-state index in [2.05, 4.69) is 209 Å². The van der Waals surface area contributed by atoms with Gasteiger partial charge in [0.15, 0.2) is 17.5 Å². The number of aromatic nitrogens is 5. The van der Waals surface area contributed by atoms with Gasteiger partial charge in [-0.05, 0) is 70.1 Å². The Kier molecular flexibility index (Phi) is 7.16. The Hall–Kier alpha value is -7.89. The van der Waals surface area contributed by atoms with E-state index in [4.69, 9.17) is 15.0 Å². The van der Waals surface area contributed by atoms with Gasteiger partial charge < -0.3 is 9.13 Å². The summed E-state index contributed by atoms with van der Waals surface area (Å²) in [7, 11) is 0. The van der Waals surface area contributed by atoms with E-state index in [9.17, 15) is 0 Å². The van der Waals surface area contributed by atoms with Crippen LogP contribution in [-0.4, -0.2) is 24.1 Å². The van der Waals surface area contributed by atoms with Crippen LogP contribution in [0.5, 0.6) is 0 Å². The maximum Gasteiger partial charge on any atom is 0.166 e. The SMILES string of the molecule is c1ccc(-n2c3ccccc3c3ccc4c(c5ccccc5n4-c4ccccc4-c4nc(-c5ccc6ccccc6c5)nc(-c5cccc6ccccc56)n4)c32)cc1. The molecule has 9 aromatic carbocycles. The number of rotatable bonds is 5. The molecule has 3 heterocycles. The lowest BCUT2D eigenvalue weighted by Gasteiger charge is -2.15. The van der Waals surface area contributed by atoms with Crippen molar-refractivity contribution in [1.29, 1.82) is 0 Å². The summed E-state index contributed by atoms with van der Waals surface area (Å²) in [6.07, 6.45) is 0. The average Bonchev–Trinajstić information content (AvgIpc) is 3.82. The van der Waals surface area contributed by atoms with Gasteiger partial charge in [-0.15, -0.1) is 0 Å². The molecule has 0 atom stereocenters. The van der Waals surface area contributed by atoms with Gasteiger partial charge in [0.1, 0.15) is 0 Å². The highest BCUT2D eigenvalue weighted by molar-refractivity contribution is 6.26. The quantitative estimate of drug-likeness (QED) is 0.177. The summed E-state index contributed by atoms with van der Waals surface area (Å²) in [5.74, 6) is 1.88. The van der Waals surface area contributed by atoms with Crippen molar-refractivity contribution in [2.24, 2.45) is 0 Å². The molecule has 0 radical (unpaired) electrons. The molecule has 0 unspecified atom stereocenters. The van der Waals surface area contributed by atoms with Crippen LogP contribution in [0.15, 0.2) is 200 Å². The van der Waals surface area contributed by atoms with Gasteiger partial charge >= 0.3 is 0 Å². The molecule has 12 aromatic rings. The largest absolute Gasteiger partial charge is 0.309 e. The van der Waals surface area contributed by atoms with Gasteiger partial charge in [0.2, 0.25) is 0 Å². The third kappa shape index (κ3) is 4.93. The Bertz CT molecular complexity index is 3570. The molecule has 12 rings (SSSR count). The second-order valence-electron chi connectivity index (χ2n) is 14.8. The fourth-order valence-electron chi connectivity index (χ4n) is 8.97. The molecule has 0 fully saturated rings. The monoisotopic (exact) mass is 739 g/mol. The third-order valence-corrected chi connectivity index (χ3v) is 11.5. The lowest BCUT2D eigenvalue weighted by molar-refractivity contribution is 1.07. The first-order valence-electron chi connectivity index (χ1n) is 19.6. The lowest BCUT2D eigenvalue weighted by atomic mass is 10.0. The van der Waals surface area contributed by atoms with E-state index in [1.807, 2.05) is 0 Å². The summed E-state index contributed by atoms with van der Waals surface area (Å²) < 4.78 is 4.82. The van der Waals surface area contributed by atoms with E-state index >= 15 is 0 Å². The third-order valence-electron chi connectivity index (χ3n) is 11.5. The highest BCUT2D eigenvalue weighted by Gasteiger charge is 2.23. The summed E-state index contributed by atoms with van der Waals surface area (Å²) in [5, 5.41) is 9.38. The van der Waals surface area contributed by atoms with Crippen LogP contribution in [0.25, 0.3) is 111 Å². The number of fused-ring (bicyclic) bond motifs is 9. The van der Waals surface area contributed by atoms with Crippen LogP contribution in [0, 0.1) is 0 Å². The smallest absolute Gasteiger partial charge is 0.166 e. The van der Waals surface area contributed by atoms with Crippen LogP contribution in [0.2, 0.25) is 0 Å². The maximum atomic E-state index is 5.34.